The molecule has 9 heteroatoms. The number of anilines is 1. The second-order valence-corrected chi connectivity index (χ2v) is 5.92. The molecule has 1 aliphatic rings. The zero-order valence-electron chi connectivity index (χ0n) is 14.8. The van der Waals surface area contributed by atoms with E-state index in [1.807, 2.05) is 0 Å². The highest BCUT2D eigenvalue weighted by Gasteiger charge is 2.46. The van der Waals surface area contributed by atoms with Crippen molar-refractivity contribution in [2.75, 3.05) is 18.6 Å². The zero-order chi connectivity index (χ0) is 20.3. The van der Waals surface area contributed by atoms with E-state index in [1.165, 1.54) is 43.5 Å². The number of imide groups is 2. The maximum atomic E-state index is 12.9. The van der Waals surface area contributed by atoms with Gasteiger partial charge in [-0.1, -0.05) is 12.1 Å². The van der Waals surface area contributed by atoms with Crippen LogP contribution in [0.4, 0.5) is 14.9 Å². The van der Waals surface area contributed by atoms with Crippen LogP contribution < -0.4 is 15.0 Å². The summed E-state index contributed by atoms with van der Waals surface area (Å²) < 4.78 is 17.9. The monoisotopic (exact) mass is 385 g/mol. The second-order valence-electron chi connectivity index (χ2n) is 5.92. The van der Waals surface area contributed by atoms with Gasteiger partial charge in [0, 0.05) is 6.54 Å². The molecule has 1 fully saturated rings. The summed E-state index contributed by atoms with van der Waals surface area (Å²) in [5.41, 5.74) is 0.836. The summed E-state index contributed by atoms with van der Waals surface area (Å²) in [5.74, 6) is -2.64. The van der Waals surface area contributed by atoms with Gasteiger partial charge in [-0.3, -0.25) is 14.4 Å². The minimum absolute atomic E-state index is 0.0888. The standard InChI is InChI=1S/C19H16FN3O5/c1-28-15-8-6-14(7-9-15)23-18(26)17(25)22(19(23)27)11-16(24)21-10-12-2-4-13(20)5-3-12/h2-9H,10-11H2,1H3,(H,21,24). The van der Waals surface area contributed by atoms with Crippen LogP contribution in [-0.2, 0) is 20.9 Å². The molecule has 1 heterocycles. The molecular weight excluding hydrogens is 369 g/mol. The summed E-state index contributed by atoms with van der Waals surface area (Å²) in [4.78, 5) is 50.2. The molecule has 28 heavy (non-hydrogen) atoms. The van der Waals surface area contributed by atoms with E-state index in [2.05, 4.69) is 5.32 Å². The van der Waals surface area contributed by atoms with Crippen molar-refractivity contribution in [1.29, 1.82) is 0 Å². The van der Waals surface area contributed by atoms with E-state index in [0.717, 1.165) is 0 Å². The van der Waals surface area contributed by atoms with Gasteiger partial charge >= 0.3 is 17.8 Å². The van der Waals surface area contributed by atoms with E-state index in [4.69, 9.17) is 4.74 Å². The van der Waals surface area contributed by atoms with Crippen LogP contribution in [0.5, 0.6) is 5.75 Å². The molecule has 1 saturated heterocycles. The average Bonchev–Trinajstić information content (AvgIpc) is 2.91. The average molecular weight is 385 g/mol. The van der Waals surface area contributed by atoms with Crippen LogP contribution in [0.3, 0.4) is 0 Å². The van der Waals surface area contributed by atoms with Gasteiger partial charge in [0.2, 0.25) is 5.91 Å². The number of nitrogens with one attached hydrogen (secondary N) is 1. The second kappa shape index (κ2) is 7.87. The number of amides is 5. The number of hydrogen-bond acceptors (Lipinski definition) is 5. The van der Waals surface area contributed by atoms with Crippen molar-refractivity contribution >= 4 is 29.4 Å². The topological polar surface area (TPSA) is 96.0 Å². The lowest BCUT2D eigenvalue weighted by atomic mass is 10.2. The molecule has 3 rings (SSSR count). The summed E-state index contributed by atoms with van der Waals surface area (Å²) in [5, 5.41) is 2.52. The Morgan fingerprint density at radius 3 is 2.25 bits per heavy atom. The Hall–Kier alpha value is -3.75. The van der Waals surface area contributed by atoms with Crippen molar-refractivity contribution in [1.82, 2.24) is 10.2 Å². The fourth-order valence-electron chi connectivity index (χ4n) is 2.61. The third-order valence-electron chi connectivity index (χ3n) is 4.09. The molecule has 0 spiro atoms. The SMILES string of the molecule is COc1ccc(N2C(=O)C(=O)N(CC(=O)NCc3ccc(F)cc3)C2=O)cc1. The molecular formula is C19H16FN3O5. The van der Waals surface area contributed by atoms with Gasteiger partial charge in [0.15, 0.2) is 0 Å². The van der Waals surface area contributed by atoms with Crippen LogP contribution in [0.1, 0.15) is 5.56 Å². The lowest BCUT2D eigenvalue weighted by Crippen LogP contribution is -2.41. The molecule has 5 amide bonds. The van der Waals surface area contributed by atoms with Crippen LogP contribution >= 0.6 is 0 Å². The summed E-state index contributed by atoms with van der Waals surface area (Å²) in [7, 11) is 1.47. The molecule has 8 nitrogen and oxygen atoms in total. The molecule has 1 aliphatic heterocycles. The van der Waals surface area contributed by atoms with Crippen molar-refractivity contribution < 1.29 is 28.3 Å². The Morgan fingerprint density at radius 1 is 1.00 bits per heavy atom. The first-order chi connectivity index (χ1) is 13.4. The van der Waals surface area contributed by atoms with E-state index < -0.39 is 36.1 Å². The third kappa shape index (κ3) is 3.83. The number of halogens is 1. The first kappa shape index (κ1) is 19.0. The predicted octanol–water partition coefficient (Wildman–Crippen LogP) is 1.45. The smallest absolute Gasteiger partial charge is 0.339 e. The van der Waals surface area contributed by atoms with E-state index in [0.29, 0.717) is 21.1 Å². The van der Waals surface area contributed by atoms with Gasteiger partial charge in [-0.2, -0.15) is 0 Å². The predicted molar refractivity (Wildman–Crippen MR) is 95.8 cm³/mol. The summed E-state index contributed by atoms with van der Waals surface area (Å²) in [6.07, 6.45) is 0. The van der Waals surface area contributed by atoms with Gasteiger partial charge in [-0.05, 0) is 42.0 Å². The van der Waals surface area contributed by atoms with Crippen molar-refractivity contribution in [2.24, 2.45) is 0 Å². The Bertz CT molecular complexity index is 928. The number of benzene rings is 2. The van der Waals surface area contributed by atoms with Crippen LogP contribution in [0.15, 0.2) is 48.5 Å². The van der Waals surface area contributed by atoms with Crippen molar-refractivity contribution in [3.05, 3.63) is 59.9 Å². The van der Waals surface area contributed by atoms with Gasteiger partial charge in [0.1, 0.15) is 18.1 Å². The largest absolute Gasteiger partial charge is 0.497 e. The number of carbonyl (C=O) groups excluding carboxylic acids is 4. The molecule has 144 valence electrons. The van der Waals surface area contributed by atoms with Gasteiger partial charge in [-0.25, -0.2) is 19.0 Å². The fraction of sp³-hybridized carbons (Fsp3) is 0.158. The summed E-state index contributed by atoms with van der Waals surface area (Å²) >= 11 is 0. The van der Waals surface area contributed by atoms with Crippen molar-refractivity contribution in [2.45, 2.75) is 6.54 Å². The number of hydrogen-bond donors (Lipinski definition) is 1. The number of urea groups is 1. The Balaban J connectivity index is 1.65. The van der Waals surface area contributed by atoms with E-state index in [-0.39, 0.29) is 12.2 Å². The molecule has 0 atom stereocenters. The van der Waals surface area contributed by atoms with Crippen LogP contribution in [0.25, 0.3) is 0 Å². The molecule has 0 saturated carbocycles. The van der Waals surface area contributed by atoms with Crippen LogP contribution in [0, 0.1) is 5.82 Å². The highest BCUT2D eigenvalue weighted by Crippen LogP contribution is 2.24. The van der Waals surface area contributed by atoms with Crippen LogP contribution in [0.2, 0.25) is 0 Å². The van der Waals surface area contributed by atoms with E-state index >= 15 is 0 Å². The van der Waals surface area contributed by atoms with Gasteiger partial charge in [0.25, 0.3) is 0 Å². The zero-order valence-corrected chi connectivity index (χ0v) is 14.8. The Morgan fingerprint density at radius 2 is 1.64 bits per heavy atom. The summed E-state index contributed by atoms with van der Waals surface area (Å²) in [6.45, 7) is -0.511. The first-order valence-corrected chi connectivity index (χ1v) is 8.26. The van der Waals surface area contributed by atoms with E-state index in [9.17, 15) is 23.6 Å². The number of rotatable bonds is 6. The number of nitrogens with zero attached hydrogens (tertiary/aromatic N) is 2. The van der Waals surface area contributed by atoms with Crippen molar-refractivity contribution in [3.63, 3.8) is 0 Å². The number of ether oxygens (including phenoxy) is 1. The molecule has 0 radical (unpaired) electrons. The minimum atomic E-state index is -1.09. The molecule has 0 unspecified atom stereocenters. The number of carbonyl (C=O) groups is 4. The normalized spacial score (nSPS) is 13.9. The molecule has 2 aromatic carbocycles. The minimum Gasteiger partial charge on any atom is -0.497 e. The fourth-order valence-corrected chi connectivity index (χ4v) is 2.61. The highest BCUT2D eigenvalue weighted by atomic mass is 19.1. The Kier molecular flexibility index (Phi) is 5.35. The number of methoxy groups -OCH3 is 1. The van der Waals surface area contributed by atoms with Gasteiger partial charge in [-0.15, -0.1) is 0 Å². The Labute approximate surface area is 159 Å². The molecule has 1 N–H and O–H groups in total. The molecule has 2 aromatic rings. The third-order valence-corrected chi connectivity index (χ3v) is 4.09. The lowest BCUT2D eigenvalue weighted by molar-refractivity contribution is -0.140. The summed E-state index contributed by atoms with van der Waals surface area (Å²) in [6, 6.07) is 10.6. The molecule has 0 aromatic heterocycles. The molecule has 0 aliphatic carbocycles. The molecule has 0 bridgehead atoms. The quantitative estimate of drug-likeness (QED) is 0.600. The highest BCUT2D eigenvalue weighted by molar-refractivity contribution is 6.53. The van der Waals surface area contributed by atoms with Crippen molar-refractivity contribution in [3.8, 4) is 5.75 Å². The van der Waals surface area contributed by atoms with Crippen LogP contribution in [-0.4, -0.2) is 42.3 Å². The van der Waals surface area contributed by atoms with E-state index in [1.54, 1.807) is 12.1 Å². The lowest BCUT2D eigenvalue weighted by Gasteiger charge is -2.15. The van der Waals surface area contributed by atoms with Gasteiger partial charge < -0.3 is 10.1 Å². The van der Waals surface area contributed by atoms with Gasteiger partial charge in [0.05, 0.1) is 12.8 Å². The maximum Gasteiger partial charge on any atom is 0.339 e. The first-order valence-electron chi connectivity index (χ1n) is 8.26. The maximum absolute atomic E-state index is 12.9.